The number of aliphatic hydroxyl groups excluding tert-OH is 2. The number of fused-ring (bicyclic) bond motifs is 3. The van der Waals surface area contributed by atoms with Gasteiger partial charge in [0.25, 0.3) is 0 Å². The van der Waals surface area contributed by atoms with Crippen molar-refractivity contribution in [2.45, 2.75) is 62.4 Å². The van der Waals surface area contributed by atoms with Crippen molar-refractivity contribution in [3.63, 3.8) is 0 Å². The average Bonchev–Trinajstić information content (AvgIpc) is 3.40. The number of aromatic hydroxyl groups is 3. The minimum absolute atomic E-state index is 0.0386. The van der Waals surface area contributed by atoms with E-state index in [1.54, 1.807) is 6.92 Å². The van der Waals surface area contributed by atoms with Crippen LogP contribution in [0, 0.1) is 0 Å². The molecular formula is C33H30O17. The Morgan fingerprint density at radius 2 is 1.70 bits per heavy atom. The van der Waals surface area contributed by atoms with Gasteiger partial charge in [-0.3, -0.25) is 9.59 Å². The van der Waals surface area contributed by atoms with Crippen LogP contribution >= 0.6 is 0 Å². The summed E-state index contributed by atoms with van der Waals surface area (Å²) in [6, 6.07) is 3.44. The van der Waals surface area contributed by atoms with Gasteiger partial charge in [0, 0.05) is 31.6 Å². The van der Waals surface area contributed by atoms with Crippen molar-refractivity contribution < 1.29 is 77.5 Å². The number of carbonyl (C=O) groups excluding carboxylic acids is 3. The molecule has 5 N–H and O–H groups in total. The Labute approximate surface area is 280 Å². The molecule has 4 aliphatic rings. The highest BCUT2D eigenvalue weighted by Gasteiger charge is 2.65. The van der Waals surface area contributed by atoms with Gasteiger partial charge in [0.15, 0.2) is 46.9 Å². The number of esters is 1. The topological polar surface area (TPSA) is 247 Å². The number of carbonyl (C=O) groups is 3. The molecule has 3 aromatic rings. The molecular weight excluding hydrogens is 668 g/mol. The van der Waals surface area contributed by atoms with E-state index in [1.807, 2.05) is 0 Å². The van der Waals surface area contributed by atoms with Gasteiger partial charge in [0.05, 0.1) is 43.1 Å². The molecule has 3 aliphatic heterocycles. The van der Waals surface area contributed by atoms with Crippen LogP contribution < -0.4 is 15.1 Å². The Balaban J connectivity index is 1.39. The lowest BCUT2D eigenvalue weighted by molar-refractivity contribution is -0.311. The second kappa shape index (κ2) is 11.7. The SMILES string of the molecule is COC(=O)c1cc2cc3c(c(O)c2c(=O)o1)O[C@@]1(OC2=C(C(=O)c4c(O)cc(OC)c(O)c4C2=O)[C@H]1O[C@H]1C[C@@H](OC)[C@@H](O)[C@H](C)O1)[C@H](O)C3. The number of ketones is 2. The summed E-state index contributed by atoms with van der Waals surface area (Å²) < 4.78 is 44.4. The smallest absolute Gasteiger partial charge is 0.374 e. The molecule has 50 heavy (non-hydrogen) atoms. The molecule has 264 valence electrons. The molecule has 1 aliphatic carbocycles. The molecule has 17 nitrogen and oxygen atoms in total. The molecule has 2 aromatic carbocycles. The number of benzene rings is 2. The molecule has 17 heteroatoms. The Kier molecular flexibility index (Phi) is 7.80. The molecule has 0 radical (unpaired) electrons. The van der Waals surface area contributed by atoms with Crippen LogP contribution in [0.5, 0.6) is 28.7 Å². The standard InChI is InChI=1S/C33H30O17/c1-10-23(36)15(44-3)9-18(46-10)48-30-22-25(38)20-13(34)8-14(43-2)24(37)21(20)27(40)29(22)50-33(30)17(35)7-12-5-11-6-16(31(41)45-4)47-32(42)19(11)26(39)28(12)49-33/h5-6,8,10,15,17-18,23,30,34-37,39H,7,9H2,1-4H3/t10-,15+,17+,18-,23-,30+,33+/m0/s1. The first-order valence-corrected chi connectivity index (χ1v) is 15.2. The highest BCUT2D eigenvalue weighted by molar-refractivity contribution is 6.29. The lowest BCUT2D eigenvalue weighted by Gasteiger charge is -2.44. The number of aliphatic hydroxyl groups is 2. The fraction of sp³-hybridized carbons (Fsp3) is 0.394. The summed E-state index contributed by atoms with van der Waals surface area (Å²) in [4.78, 5) is 53.3. The zero-order valence-electron chi connectivity index (χ0n) is 26.7. The number of methoxy groups -OCH3 is 3. The quantitative estimate of drug-likeness (QED) is 0.184. The minimum atomic E-state index is -2.54. The molecule has 7 atom stereocenters. The zero-order chi connectivity index (χ0) is 36.0. The first-order chi connectivity index (χ1) is 23.8. The van der Waals surface area contributed by atoms with E-state index in [1.165, 1.54) is 13.2 Å². The number of phenolic OH excluding ortho intramolecular Hbond substituents is 3. The minimum Gasteiger partial charge on any atom is -0.507 e. The van der Waals surface area contributed by atoms with Gasteiger partial charge in [-0.1, -0.05) is 0 Å². The van der Waals surface area contributed by atoms with Gasteiger partial charge in [0.2, 0.25) is 11.5 Å². The number of Topliss-reactive ketones (excluding diaryl/α,β-unsaturated/α-hetero) is 2. The predicted octanol–water partition coefficient (Wildman–Crippen LogP) is 0.957. The van der Waals surface area contributed by atoms with Crippen LogP contribution in [-0.4, -0.2) is 107 Å². The maximum Gasteiger partial charge on any atom is 0.374 e. The van der Waals surface area contributed by atoms with Crippen molar-refractivity contribution in [2.24, 2.45) is 0 Å². The third-order valence-electron chi connectivity index (χ3n) is 9.33. The van der Waals surface area contributed by atoms with Gasteiger partial charge in [-0.25, -0.2) is 9.59 Å². The van der Waals surface area contributed by atoms with Crippen molar-refractivity contribution in [3.05, 3.63) is 62.4 Å². The lowest BCUT2D eigenvalue weighted by atomic mass is 9.82. The summed E-state index contributed by atoms with van der Waals surface area (Å²) in [7, 11) is 3.60. The van der Waals surface area contributed by atoms with E-state index in [-0.39, 0.29) is 23.1 Å². The van der Waals surface area contributed by atoms with Crippen LogP contribution in [0.1, 0.15) is 50.2 Å². The predicted molar refractivity (Wildman–Crippen MR) is 162 cm³/mol. The molecule has 0 bridgehead atoms. The lowest BCUT2D eigenvalue weighted by Crippen LogP contribution is -2.61. The van der Waals surface area contributed by atoms with Gasteiger partial charge in [0.1, 0.15) is 23.3 Å². The first kappa shape index (κ1) is 33.3. The number of phenols is 3. The molecule has 4 heterocycles. The Bertz CT molecular complexity index is 2080. The second-order valence-corrected chi connectivity index (χ2v) is 12.1. The number of allylic oxidation sites excluding steroid dienone is 1. The third kappa shape index (κ3) is 4.65. The van der Waals surface area contributed by atoms with Crippen molar-refractivity contribution in [1.82, 2.24) is 0 Å². The summed E-state index contributed by atoms with van der Waals surface area (Å²) in [5.41, 5.74) is -2.80. The second-order valence-electron chi connectivity index (χ2n) is 12.1. The summed E-state index contributed by atoms with van der Waals surface area (Å²) in [5, 5.41) is 55.0. The number of hydrogen-bond donors (Lipinski definition) is 5. The Hall–Kier alpha value is -5.20. The van der Waals surface area contributed by atoms with E-state index in [2.05, 4.69) is 4.74 Å². The fourth-order valence-electron chi connectivity index (χ4n) is 6.85. The molecule has 0 saturated carbocycles. The molecule has 1 saturated heterocycles. The summed E-state index contributed by atoms with van der Waals surface area (Å²) in [5.74, 6) is -9.83. The van der Waals surface area contributed by atoms with Crippen LogP contribution in [0.15, 0.2) is 38.7 Å². The highest BCUT2D eigenvalue weighted by Crippen LogP contribution is 2.54. The van der Waals surface area contributed by atoms with Crippen LogP contribution in [0.4, 0.5) is 0 Å². The number of ether oxygens (including phenoxy) is 7. The zero-order valence-corrected chi connectivity index (χ0v) is 26.7. The monoisotopic (exact) mass is 698 g/mol. The van der Waals surface area contributed by atoms with Crippen LogP contribution in [-0.2, 0) is 30.1 Å². The average molecular weight is 699 g/mol. The van der Waals surface area contributed by atoms with Crippen molar-refractivity contribution >= 4 is 28.3 Å². The maximum atomic E-state index is 14.2. The van der Waals surface area contributed by atoms with Gasteiger partial charge in [-0.15, -0.1) is 0 Å². The van der Waals surface area contributed by atoms with E-state index in [4.69, 9.17) is 32.8 Å². The van der Waals surface area contributed by atoms with Crippen molar-refractivity contribution in [1.29, 1.82) is 0 Å². The molecule has 1 fully saturated rings. The van der Waals surface area contributed by atoms with Gasteiger partial charge in [-0.2, -0.15) is 0 Å². The molecule has 7 rings (SSSR count). The maximum absolute atomic E-state index is 14.2. The largest absolute Gasteiger partial charge is 0.507 e. The van der Waals surface area contributed by atoms with Gasteiger partial charge in [-0.05, 0) is 24.4 Å². The summed E-state index contributed by atoms with van der Waals surface area (Å²) >= 11 is 0. The van der Waals surface area contributed by atoms with Crippen molar-refractivity contribution in [2.75, 3.05) is 21.3 Å². The number of rotatable bonds is 5. The van der Waals surface area contributed by atoms with Crippen LogP contribution in [0.2, 0.25) is 0 Å². The molecule has 0 unspecified atom stereocenters. The van der Waals surface area contributed by atoms with Crippen LogP contribution in [0.25, 0.3) is 10.8 Å². The molecule has 1 spiro atoms. The van der Waals surface area contributed by atoms with E-state index in [0.717, 1.165) is 26.4 Å². The first-order valence-electron chi connectivity index (χ1n) is 15.2. The Morgan fingerprint density at radius 1 is 0.960 bits per heavy atom. The molecule has 0 amide bonds. The van der Waals surface area contributed by atoms with E-state index < -0.39 is 129 Å². The highest BCUT2D eigenvalue weighted by atomic mass is 16.8. The van der Waals surface area contributed by atoms with Crippen molar-refractivity contribution in [3.8, 4) is 28.7 Å². The fourth-order valence-corrected chi connectivity index (χ4v) is 6.85. The van der Waals surface area contributed by atoms with Gasteiger partial charge < -0.3 is 63.1 Å². The third-order valence-corrected chi connectivity index (χ3v) is 9.33. The van der Waals surface area contributed by atoms with Gasteiger partial charge >= 0.3 is 17.4 Å². The summed E-state index contributed by atoms with van der Waals surface area (Å²) in [6.45, 7) is 1.54. The van der Waals surface area contributed by atoms with Crippen LogP contribution in [0.3, 0.4) is 0 Å². The normalized spacial score (nSPS) is 28.5. The van der Waals surface area contributed by atoms with E-state index >= 15 is 0 Å². The number of hydrogen-bond acceptors (Lipinski definition) is 17. The van der Waals surface area contributed by atoms with E-state index in [0.29, 0.717) is 0 Å². The van der Waals surface area contributed by atoms with E-state index in [9.17, 15) is 44.7 Å². The molecule has 1 aromatic heterocycles. The Morgan fingerprint density at radius 3 is 2.38 bits per heavy atom. The summed E-state index contributed by atoms with van der Waals surface area (Å²) in [6.07, 6.45) is -8.13.